The third-order valence-electron chi connectivity index (χ3n) is 8.81. The van der Waals surface area contributed by atoms with Crippen LogP contribution in [0.25, 0.3) is 0 Å². The van der Waals surface area contributed by atoms with Crippen molar-refractivity contribution < 1.29 is 9.53 Å². The Morgan fingerprint density at radius 1 is 1.14 bits per heavy atom. The maximum Gasteiger partial charge on any atom is 0.310 e. The first kappa shape index (κ1) is 17.5. The average molecular weight is 380 g/mol. The van der Waals surface area contributed by atoms with Crippen LogP contribution in [0.4, 0.5) is 0 Å². The van der Waals surface area contributed by atoms with E-state index in [-0.39, 0.29) is 17.3 Å². The number of ether oxygens (including phenoxy) is 1. The van der Waals surface area contributed by atoms with E-state index in [0.29, 0.717) is 30.5 Å². The standard InChI is InChI=1S/C25H33NO2/c1-2-25-13-23-19(24(27)28-15-17-9-10-17)12-21(25)22(26(23)14-16-7-8-16)11-18-5-3-4-6-20(18)25/h3-6,16-17,19,21-23H,2,7-15H2,1H3/t19-,21?,22?,23?,25+/m0/s1. The predicted octanol–water partition coefficient (Wildman–Crippen LogP) is 4.33. The second-order valence-corrected chi connectivity index (χ2v) is 10.4. The Morgan fingerprint density at radius 3 is 2.68 bits per heavy atom. The van der Waals surface area contributed by atoms with Gasteiger partial charge >= 0.3 is 5.97 Å². The van der Waals surface area contributed by atoms with Crippen molar-refractivity contribution >= 4 is 5.97 Å². The van der Waals surface area contributed by atoms with Gasteiger partial charge in [0.25, 0.3) is 0 Å². The Balaban J connectivity index is 1.35. The number of hydrogen-bond acceptors (Lipinski definition) is 3. The molecule has 0 amide bonds. The highest BCUT2D eigenvalue weighted by Crippen LogP contribution is 2.60. The Morgan fingerprint density at radius 2 is 1.93 bits per heavy atom. The van der Waals surface area contributed by atoms with Crippen molar-refractivity contribution in [2.75, 3.05) is 13.2 Å². The summed E-state index contributed by atoms with van der Waals surface area (Å²) in [5, 5.41) is 0. The Labute approximate surface area is 168 Å². The van der Waals surface area contributed by atoms with E-state index in [4.69, 9.17) is 4.74 Å². The van der Waals surface area contributed by atoms with E-state index in [1.54, 1.807) is 11.1 Å². The lowest BCUT2D eigenvalue weighted by Gasteiger charge is -2.65. The molecule has 0 N–H and O–H groups in total. The van der Waals surface area contributed by atoms with Crippen molar-refractivity contribution in [3.05, 3.63) is 35.4 Å². The number of carbonyl (C=O) groups is 1. The van der Waals surface area contributed by atoms with Gasteiger partial charge in [-0.3, -0.25) is 9.69 Å². The highest BCUT2D eigenvalue weighted by Gasteiger charge is 2.62. The molecule has 2 saturated heterocycles. The summed E-state index contributed by atoms with van der Waals surface area (Å²) in [6.07, 6.45) is 9.82. The van der Waals surface area contributed by atoms with Gasteiger partial charge in [0.15, 0.2) is 0 Å². The molecule has 0 aromatic heterocycles. The summed E-state index contributed by atoms with van der Waals surface area (Å²) in [5.41, 5.74) is 3.44. The number of rotatable bonds is 6. The van der Waals surface area contributed by atoms with Gasteiger partial charge in [0.2, 0.25) is 0 Å². The zero-order valence-corrected chi connectivity index (χ0v) is 17.1. The zero-order valence-electron chi connectivity index (χ0n) is 17.1. The van der Waals surface area contributed by atoms with Crippen LogP contribution in [-0.4, -0.2) is 36.1 Å². The SMILES string of the molecule is CC[C@]12CC3[C@@H](C(=O)OCC4CC4)CC1C(Cc1ccccc12)N3CC1CC1. The van der Waals surface area contributed by atoms with Gasteiger partial charge in [-0.15, -0.1) is 0 Å². The summed E-state index contributed by atoms with van der Waals surface area (Å²) >= 11 is 0. The molecule has 4 aliphatic carbocycles. The van der Waals surface area contributed by atoms with Gasteiger partial charge in [-0.2, -0.15) is 0 Å². The van der Waals surface area contributed by atoms with Gasteiger partial charge in [-0.1, -0.05) is 31.2 Å². The molecule has 3 nitrogen and oxygen atoms in total. The molecule has 28 heavy (non-hydrogen) atoms. The van der Waals surface area contributed by atoms with E-state index >= 15 is 0 Å². The molecule has 1 aromatic carbocycles. The lowest BCUT2D eigenvalue weighted by molar-refractivity contribution is -0.168. The zero-order chi connectivity index (χ0) is 18.9. The highest BCUT2D eigenvalue weighted by molar-refractivity contribution is 5.74. The second kappa shape index (κ2) is 6.32. The monoisotopic (exact) mass is 379 g/mol. The lowest BCUT2D eigenvalue weighted by atomic mass is 9.48. The molecular formula is C25H33NO2. The molecule has 4 bridgehead atoms. The summed E-state index contributed by atoms with van der Waals surface area (Å²) in [6.45, 7) is 4.26. The van der Waals surface area contributed by atoms with Crippen molar-refractivity contribution in [1.82, 2.24) is 4.90 Å². The fraction of sp³-hybridized carbons (Fsp3) is 0.720. The van der Waals surface area contributed by atoms with Gasteiger partial charge < -0.3 is 4.74 Å². The largest absolute Gasteiger partial charge is 0.465 e. The molecule has 6 aliphatic rings. The lowest BCUT2D eigenvalue weighted by Crippen LogP contribution is -2.70. The molecule has 150 valence electrons. The first-order valence-electron chi connectivity index (χ1n) is 11.7. The third kappa shape index (κ3) is 2.61. The van der Waals surface area contributed by atoms with Crippen molar-refractivity contribution in [2.45, 2.75) is 75.8 Å². The number of fused-ring (bicyclic) bond motifs is 2. The van der Waals surface area contributed by atoms with E-state index < -0.39 is 0 Å². The van der Waals surface area contributed by atoms with Gasteiger partial charge in [0, 0.05) is 24.0 Å². The molecule has 5 fully saturated rings. The van der Waals surface area contributed by atoms with Crippen LogP contribution in [0.15, 0.2) is 24.3 Å². The Bertz CT molecular complexity index is 783. The van der Waals surface area contributed by atoms with Crippen LogP contribution >= 0.6 is 0 Å². The molecule has 1 aromatic rings. The summed E-state index contributed by atoms with van der Waals surface area (Å²) in [5.74, 6) is 2.34. The van der Waals surface area contributed by atoms with Crippen molar-refractivity contribution in [3.63, 3.8) is 0 Å². The van der Waals surface area contributed by atoms with Crippen molar-refractivity contribution in [2.24, 2.45) is 23.7 Å². The van der Waals surface area contributed by atoms with Gasteiger partial charge in [-0.05, 0) is 80.2 Å². The van der Waals surface area contributed by atoms with E-state index in [2.05, 4.69) is 36.1 Å². The van der Waals surface area contributed by atoms with E-state index in [0.717, 1.165) is 18.8 Å². The number of carbonyl (C=O) groups excluding carboxylic acids is 1. The molecule has 3 heteroatoms. The molecule has 3 unspecified atom stereocenters. The number of benzene rings is 1. The van der Waals surface area contributed by atoms with Crippen LogP contribution < -0.4 is 0 Å². The van der Waals surface area contributed by atoms with Gasteiger partial charge in [-0.25, -0.2) is 0 Å². The maximum atomic E-state index is 13.1. The van der Waals surface area contributed by atoms with Crippen LogP contribution in [0.2, 0.25) is 0 Å². The average Bonchev–Trinajstić information content (AvgIpc) is 3.63. The van der Waals surface area contributed by atoms with E-state index in [9.17, 15) is 4.79 Å². The minimum Gasteiger partial charge on any atom is -0.465 e. The highest BCUT2D eigenvalue weighted by atomic mass is 16.5. The van der Waals surface area contributed by atoms with E-state index in [1.807, 2.05) is 0 Å². The topological polar surface area (TPSA) is 29.5 Å². The molecule has 5 atom stereocenters. The fourth-order valence-electron chi connectivity index (χ4n) is 6.96. The molecular weight excluding hydrogens is 346 g/mol. The first-order valence-corrected chi connectivity index (χ1v) is 11.7. The maximum absolute atomic E-state index is 13.1. The number of esters is 1. The molecule has 2 aliphatic heterocycles. The molecule has 7 rings (SSSR count). The summed E-state index contributed by atoms with van der Waals surface area (Å²) in [4.78, 5) is 15.9. The van der Waals surface area contributed by atoms with Crippen LogP contribution in [0.3, 0.4) is 0 Å². The summed E-state index contributed by atoms with van der Waals surface area (Å²) < 4.78 is 5.82. The minimum atomic E-state index is 0.101. The smallest absolute Gasteiger partial charge is 0.310 e. The van der Waals surface area contributed by atoms with Crippen molar-refractivity contribution in [3.8, 4) is 0 Å². The fourth-order valence-corrected chi connectivity index (χ4v) is 6.96. The van der Waals surface area contributed by atoms with Crippen molar-refractivity contribution in [1.29, 1.82) is 0 Å². The normalized spacial score (nSPS) is 38.9. The van der Waals surface area contributed by atoms with Crippen LogP contribution in [0.1, 0.15) is 63.0 Å². The van der Waals surface area contributed by atoms with Crippen LogP contribution in [-0.2, 0) is 21.4 Å². The molecule has 3 saturated carbocycles. The van der Waals surface area contributed by atoms with E-state index in [1.165, 1.54) is 45.1 Å². The number of piperidine rings is 2. The Hall–Kier alpha value is -1.35. The first-order chi connectivity index (χ1) is 13.7. The quantitative estimate of drug-likeness (QED) is 0.689. The third-order valence-corrected chi connectivity index (χ3v) is 8.81. The number of nitrogens with zero attached hydrogens (tertiary/aromatic N) is 1. The van der Waals surface area contributed by atoms with Gasteiger partial charge in [0.1, 0.15) is 0 Å². The summed E-state index contributed by atoms with van der Waals surface area (Å²) in [7, 11) is 0. The Kier molecular flexibility index (Phi) is 3.95. The second-order valence-electron chi connectivity index (χ2n) is 10.4. The molecule has 0 spiro atoms. The predicted molar refractivity (Wildman–Crippen MR) is 109 cm³/mol. The van der Waals surface area contributed by atoms with Crippen LogP contribution in [0.5, 0.6) is 0 Å². The molecule has 2 heterocycles. The molecule has 0 radical (unpaired) electrons. The van der Waals surface area contributed by atoms with Gasteiger partial charge in [0.05, 0.1) is 12.5 Å². The minimum absolute atomic E-state index is 0.101. The number of hydrogen-bond donors (Lipinski definition) is 0. The van der Waals surface area contributed by atoms with Crippen LogP contribution in [0, 0.1) is 23.7 Å². The summed E-state index contributed by atoms with van der Waals surface area (Å²) in [6, 6.07) is 10.2.